The molecule has 0 saturated heterocycles. The summed E-state index contributed by atoms with van der Waals surface area (Å²) in [4.78, 5) is 23.8. The number of hydrogen-bond acceptors (Lipinski definition) is 5. The number of carbonyl (C=O) groups excluding carboxylic acids is 2. The number of phenolic OH excluding ortho intramolecular Hbond substituents is 1. The highest BCUT2D eigenvalue weighted by molar-refractivity contribution is 5.96. The van der Waals surface area contributed by atoms with Crippen LogP contribution in [0.4, 0.5) is 0 Å². The molecule has 0 bridgehead atoms. The molecule has 0 aromatic heterocycles. The molecular weight excluding hydrogens is 346 g/mol. The molecule has 0 heterocycles. The van der Waals surface area contributed by atoms with E-state index in [1.165, 1.54) is 18.3 Å². The van der Waals surface area contributed by atoms with Gasteiger partial charge in [0.15, 0.2) is 0 Å². The smallest absolute Gasteiger partial charge is 0.259 e. The molecule has 0 aliphatic heterocycles. The topological polar surface area (TPSA) is 100 Å². The SMILES string of the molecule is CCCCOc1ccc(C(=O)NCC(=O)N/N=C\c2cccc(O)c2)cc1. The summed E-state index contributed by atoms with van der Waals surface area (Å²) < 4.78 is 5.54. The van der Waals surface area contributed by atoms with E-state index in [1.54, 1.807) is 36.4 Å². The third-order valence-electron chi connectivity index (χ3n) is 3.57. The summed E-state index contributed by atoms with van der Waals surface area (Å²) in [7, 11) is 0. The minimum Gasteiger partial charge on any atom is -0.508 e. The molecule has 0 aliphatic carbocycles. The van der Waals surface area contributed by atoms with Crippen LogP contribution in [0.3, 0.4) is 0 Å². The Morgan fingerprint density at radius 2 is 1.96 bits per heavy atom. The summed E-state index contributed by atoms with van der Waals surface area (Å²) in [5, 5.41) is 15.6. The summed E-state index contributed by atoms with van der Waals surface area (Å²) in [6.45, 7) is 2.53. The van der Waals surface area contributed by atoms with Gasteiger partial charge in [0.25, 0.3) is 11.8 Å². The first-order valence-electron chi connectivity index (χ1n) is 8.70. The number of amides is 2. The van der Waals surface area contributed by atoms with Gasteiger partial charge >= 0.3 is 0 Å². The molecule has 142 valence electrons. The Balaban J connectivity index is 1.75. The van der Waals surface area contributed by atoms with Crippen molar-refractivity contribution in [3.8, 4) is 11.5 Å². The zero-order chi connectivity index (χ0) is 19.5. The van der Waals surface area contributed by atoms with Crippen LogP contribution in [0.25, 0.3) is 0 Å². The molecule has 0 aliphatic rings. The molecule has 0 radical (unpaired) electrons. The maximum atomic E-state index is 12.1. The fraction of sp³-hybridized carbons (Fsp3) is 0.250. The van der Waals surface area contributed by atoms with E-state index in [-0.39, 0.29) is 18.2 Å². The van der Waals surface area contributed by atoms with Crippen molar-refractivity contribution < 1.29 is 19.4 Å². The van der Waals surface area contributed by atoms with E-state index in [4.69, 9.17) is 4.74 Å². The first kappa shape index (κ1) is 20.0. The maximum absolute atomic E-state index is 12.1. The number of benzene rings is 2. The van der Waals surface area contributed by atoms with Gasteiger partial charge in [-0.15, -0.1) is 0 Å². The van der Waals surface area contributed by atoms with Gasteiger partial charge in [0, 0.05) is 5.56 Å². The van der Waals surface area contributed by atoms with Crippen molar-refractivity contribution in [2.24, 2.45) is 5.10 Å². The number of hydrogen-bond donors (Lipinski definition) is 3. The average molecular weight is 369 g/mol. The van der Waals surface area contributed by atoms with Crippen LogP contribution in [0, 0.1) is 0 Å². The van der Waals surface area contributed by atoms with Crippen molar-refractivity contribution in [2.45, 2.75) is 19.8 Å². The Morgan fingerprint density at radius 1 is 1.19 bits per heavy atom. The molecule has 0 saturated carbocycles. The van der Waals surface area contributed by atoms with E-state index in [2.05, 4.69) is 22.8 Å². The molecule has 7 heteroatoms. The van der Waals surface area contributed by atoms with E-state index in [9.17, 15) is 14.7 Å². The average Bonchev–Trinajstić information content (AvgIpc) is 2.67. The van der Waals surface area contributed by atoms with Crippen LogP contribution in [0.2, 0.25) is 0 Å². The second kappa shape index (κ2) is 10.6. The third kappa shape index (κ3) is 7.19. The Bertz CT molecular complexity index is 788. The van der Waals surface area contributed by atoms with E-state index in [0.717, 1.165) is 12.8 Å². The maximum Gasteiger partial charge on any atom is 0.259 e. The molecule has 27 heavy (non-hydrogen) atoms. The zero-order valence-corrected chi connectivity index (χ0v) is 15.1. The summed E-state index contributed by atoms with van der Waals surface area (Å²) in [6.07, 6.45) is 3.43. The van der Waals surface area contributed by atoms with Crippen LogP contribution in [-0.4, -0.2) is 36.3 Å². The standard InChI is InChI=1S/C20H23N3O4/c1-2-3-11-27-18-9-7-16(8-10-18)20(26)21-14-19(25)23-22-13-15-5-4-6-17(24)12-15/h4-10,12-13,24H,2-3,11,14H2,1H3,(H,21,26)(H,23,25)/b22-13-. The quantitative estimate of drug-likeness (QED) is 0.359. The molecule has 0 unspecified atom stereocenters. The molecule has 2 amide bonds. The van der Waals surface area contributed by atoms with Crippen LogP contribution < -0.4 is 15.5 Å². The van der Waals surface area contributed by atoms with Gasteiger partial charge in [0.2, 0.25) is 0 Å². The highest BCUT2D eigenvalue weighted by Gasteiger charge is 2.07. The first-order valence-corrected chi connectivity index (χ1v) is 8.70. The molecule has 0 atom stereocenters. The predicted octanol–water partition coefficient (Wildman–Crippen LogP) is 2.45. The minimum absolute atomic E-state index is 0.110. The lowest BCUT2D eigenvalue weighted by atomic mass is 10.2. The number of unbranched alkanes of at least 4 members (excludes halogenated alkanes) is 1. The van der Waals surface area contributed by atoms with E-state index >= 15 is 0 Å². The van der Waals surface area contributed by atoms with Gasteiger partial charge in [-0.3, -0.25) is 9.59 Å². The van der Waals surface area contributed by atoms with E-state index in [0.29, 0.717) is 23.5 Å². The first-order chi connectivity index (χ1) is 13.1. The van der Waals surface area contributed by atoms with Crippen molar-refractivity contribution in [1.82, 2.24) is 10.7 Å². The Kier molecular flexibility index (Phi) is 7.84. The number of rotatable bonds is 9. The molecule has 2 aromatic carbocycles. The summed E-state index contributed by atoms with van der Waals surface area (Å²) >= 11 is 0. The van der Waals surface area contributed by atoms with Crippen LogP contribution in [-0.2, 0) is 4.79 Å². The monoisotopic (exact) mass is 369 g/mol. The molecular formula is C20H23N3O4. The molecule has 3 N–H and O–H groups in total. The summed E-state index contributed by atoms with van der Waals surface area (Å²) in [6, 6.07) is 13.2. The fourth-order valence-electron chi connectivity index (χ4n) is 2.12. The van der Waals surface area contributed by atoms with Crippen LogP contribution in [0.15, 0.2) is 53.6 Å². The third-order valence-corrected chi connectivity index (χ3v) is 3.57. The lowest BCUT2D eigenvalue weighted by molar-refractivity contribution is -0.120. The Hall–Kier alpha value is -3.35. The molecule has 2 aromatic rings. The van der Waals surface area contributed by atoms with Crippen LogP contribution in [0.5, 0.6) is 11.5 Å². The van der Waals surface area contributed by atoms with Gasteiger partial charge < -0.3 is 15.2 Å². The second-order valence-corrected chi connectivity index (χ2v) is 5.80. The number of nitrogens with one attached hydrogen (secondary N) is 2. The minimum atomic E-state index is -0.459. The Labute approximate surface area is 158 Å². The second-order valence-electron chi connectivity index (χ2n) is 5.80. The van der Waals surface area contributed by atoms with Gasteiger partial charge in [-0.25, -0.2) is 5.43 Å². The number of nitrogens with zero attached hydrogens (tertiary/aromatic N) is 1. The van der Waals surface area contributed by atoms with Gasteiger partial charge in [-0.05, 0) is 48.4 Å². The largest absolute Gasteiger partial charge is 0.508 e. The molecule has 0 spiro atoms. The highest BCUT2D eigenvalue weighted by Crippen LogP contribution is 2.12. The van der Waals surface area contributed by atoms with Crippen LogP contribution in [0.1, 0.15) is 35.7 Å². The van der Waals surface area contributed by atoms with Crippen LogP contribution >= 0.6 is 0 Å². The van der Waals surface area contributed by atoms with Crippen molar-refractivity contribution in [2.75, 3.05) is 13.2 Å². The zero-order valence-electron chi connectivity index (χ0n) is 15.1. The van der Waals surface area contributed by atoms with Gasteiger partial charge in [0.05, 0.1) is 19.4 Å². The molecule has 0 fully saturated rings. The summed E-state index contributed by atoms with van der Waals surface area (Å²) in [5.41, 5.74) is 3.39. The Morgan fingerprint density at radius 3 is 2.67 bits per heavy atom. The number of aromatic hydroxyl groups is 1. The van der Waals surface area contributed by atoms with Crippen molar-refractivity contribution in [1.29, 1.82) is 0 Å². The molecule has 2 rings (SSSR count). The summed E-state index contributed by atoms with van der Waals surface area (Å²) in [5.74, 6) is -0.000146. The van der Waals surface area contributed by atoms with Crippen molar-refractivity contribution >= 4 is 18.0 Å². The highest BCUT2D eigenvalue weighted by atomic mass is 16.5. The fourth-order valence-corrected chi connectivity index (χ4v) is 2.12. The van der Waals surface area contributed by atoms with Gasteiger partial charge in [-0.2, -0.15) is 5.10 Å². The van der Waals surface area contributed by atoms with Gasteiger partial charge in [-0.1, -0.05) is 25.5 Å². The number of carbonyl (C=O) groups is 2. The normalized spacial score (nSPS) is 10.6. The van der Waals surface area contributed by atoms with Crippen molar-refractivity contribution in [3.05, 3.63) is 59.7 Å². The predicted molar refractivity (Wildman–Crippen MR) is 103 cm³/mol. The van der Waals surface area contributed by atoms with Gasteiger partial charge in [0.1, 0.15) is 11.5 Å². The number of phenols is 1. The van der Waals surface area contributed by atoms with Crippen molar-refractivity contribution in [3.63, 3.8) is 0 Å². The number of hydrazone groups is 1. The lowest BCUT2D eigenvalue weighted by Crippen LogP contribution is -2.34. The molecule has 7 nitrogen and oxygen atoms in total. The van der Waals surface area contributed by atoms with E-state index < -0.39 is 5.91 Å². The van der Waals surface area contributed by atoms with E-state index in [1.807, 2.05) is 0 Å². The lowest BCUT2D eigenvalue weighted by Gasteiger charge is -2.07. The number of ether oxygens (including phenoxy) is 1.